The van der Waals surface area contributed by atoms with Gasteiger partial charge in [0.05, 0.1) is 22.9 Å². The second-order valence-electron chi connectivity index (χ2n) is 7.89. The van der Waals surface area contributed by atoms with Crippen molar-refractivity contribution in [3.63, 3.8) is 0 Å². The van der Waals surface area contributed by atoms with Crippen LogP contribution in [0.2, 0.25) is 0 Å². The minimum atomic E-state index is -0.488. The number of nitro groups is 1. The Morgan fingerprint density at radius 1 is 1.03 bits per heavy atom. The lowest BCUT2D eigenvalue weighted by Crippen LogP contribution is -2.15. The van der Waals surface area contributed by atoms with Gasteiger partial charge >= 0.3 is 0 Å². The maximum Gasteiger partial charge on any atom is 0.271 e. The number of rotatable bonds is 9. The SMILES string of the molecule is Cc1cccc(NCc2nnc(SCC(=O)Nc3cc([N+](=O)[O-])ccc3C)n2-c2ccccc2)c1. The minimum Gasteiger partial charge on any atom is -0.378 e. The molecular formula is C25H24N6O3S. The van der Waals surface area contributed by atoms with Gasteiger partial charge in [-0.1, -0.05) is 48.2 Å². The standard InChI is InChI=1S/C25H24N6O3S/c1-17-7-6-8-19(13-17)26-15-23-28-29-25(30(23)20-9-4-3-5-10-20)35-16-24(32)27-22-14-21(31(33)34)12-11-18(22)2/h3-14,26H,15-16H2,1-2H3,(H,27,32). The number of carbonyl (C=O) groups excluding carboxylic acids is 1. The molecule has 1 amide bonds. The van der Waals surface area contributed by atoms with Gasteiger partial charge in [-0.25, -0.2) is 0 Å². The zero-order valence-corrected chi connectivity index (χ0v) is 20.1. The molecule has 178 valence electrons. The molecule has 4 rings (SSSR count). The summed E-state index contributed by atoms with van der Waals surface area (Å²) in [5.41, 5.74) is 4.10. The van der Waals surface area contributed by atoms with Crippen LogP contribution in [-0.4, -0.2) is 31.3 Å². The number of aryl methyl sites for hydroxylation is 2. The maximum atomic E-state index is 12.6. The number of nitro benzene ring substituents is 1. The number of nitrogens with one attached hydrogen (secondary N) is 2. The number of benzene rings is 3. The third-order valence-electron chi connectivity index (χ3n) is 5.22. The number of thioether (sulfide) groups is 1. The van der Waals surface area contributed by atoms with Crippen LogP contribution < -0.4 is 10.6 Å². The third kappa shape index (κ3) is 6.04. The third-order valence-corrected chi connectivity index (χ3v) is 6.15. The minimum absolute atomic E-state index is 0.0679. The molecule has 0 unspecified atom stereocenters. The fourth-order valence-electron chi connectivity index (χ4n) is 3.46. The first-order valence-electron chi connectivity index (χ1n) is 10.9. The lowest BCUT2D eigenvalue weighted by molar-refractivity contribution is -0.384. The molecule has 0 spiro atoms. The van der Waals surface area contributed by atoms with Crippen molar-refractivity contribution in [1.29, 1.82) is 0 Å². The Hall–Kier alpha value is -4.18. The first-order chi connectivity index (χ1) is 16.9. The fourth-order valence-corrected chi connectivity index (χ4v) is 4.23. The van der Waals surface area contributed by atoms with E-state index in [1.54, 1.807) is 13.0 Å². The number of para-hydroxylation sites is 1. The highest BCUT2D eigenvalue weighted by Crippen LogP contribution is 2.25. The average molecular weight is 489 g/mol. The number of anilines is 2. The fraction of sp³-hybridized carbons (Fsp3) is 0.160. The van der Waals surface area contributed by atoms with Gasteiger partial charge in [-0.05, 0) is 49.2 Å². The van der Waals surface area contributed by atoms with Crippen molar-refractivity contribution < 1.29 is 9.72 Å². The Morgan fingerprint density at radius 3 is 2.57 bits per heavy atom. The van der Waals surface area contributed by atoms with E-state index in [-0.39, 0.29) is 17.3 Å². The molecule has 0 aliphatic rings. The van der Waals surface area contributed by atoms with E-state index in [2.05, 4.69) is 26.9 Å². The van der Waals surface area contributed by atoms with E-state index in [9.17, 15) is 14.9 Å². The van der Waals surface area contributed by atoms with Gasteiger partial charge in [0.25, 0.3) is 5.69 Å². The molecule has 0 atom stereocenters. The van der Waals surface area contributed by atoms with Gasteiger partial charge in [0.2, 0.25) is 5.91 Å². The van der Waals surface area contributed by atoms with Crippen molar-refractivity contribution in [2.45, 2.75) is 25.5 Å². The number of nitrogens with zero attached hydrogens (tertiary/aromatic N) is 4. The van der Waals surface area contributed by atoms with Crippen LogP contribution in [0.5, 0.6) is 0 Å². The molecule has 1 aromatic heterocycles. The summed E-state index contributed by atoms with van der Waals surface area (Å²) in [5, 5.41) is 26.5. The number of hydrogen-bond donors (Lipinski definition) is 2. The summed E-state index contributed by atoms with van der Waals surface area (Å²) in [6, 6.07) is 22.2. The van der Waals surface area contributed by atoms with Crippen molar-refractivity contribution >= 4 is 34.7 Å². The van der Waals surface area contributed by atoms with Crippen LogP contribution in [0.15, 0.2) is 78.0 Å². The van der Waals surface area contributed by atoms with Crippen LogP contribution in [0.25, 0.3) is 5.69 Å². The van der Waals surface area contributed by atoms with E-state index in [1.807, 2.05) is 60.0 Å². The lowest BCUT2D eigenvalue weighted by Gasteiger charge is -2.12. The highest BCUT2D eigenvalue weighted by Gasteiger charge is 2.17. The van der Waals surface area contributed by atoms with Gasteiger partial charge in [0.15, 0.2) is 11.0 Å². The maximum absolute atomic E-state index is 12.6. The molecule has 4 aromatic rings. The van der Waals surface area contributed by atoms with E-state index < -0.39 is 4.92 Å². The van der Waals surface area contributed by atoms with Gasteiger partial charge in [-0.15, -0.1) is 10.2 Å². The van der Waals surface area contributed by atoms with Gasteiger partial charge in [-0.3, -0.25) is 19.5 Å². The molecule has 0 saturated carbocycles. The molecule has 9 nitrogen and oxygen atoms in total. The van der Waals surface area contributed by atoms with Crippen molar-refractivity contribution in [3.8, 4) is 5.69 Å². The van der Waals surface area contributed by atoms with Crippen LogP contribution in [0.1, 0.15) is 17.0 Å². The average Bonchev–Trinajstić information content (AvgIpc) is 3.26. The Labute approximate surface area is 206 Å². The zero-order valence-electron chi connectivity index (χ0n) is 19.3. The predicted octanol–water partition coefficient (Wildman–Crippen LogP) is 5.14. The first-order valence-corrected chi connectivity index (χ1v) is 11.9. The molecule has 0 aliphatic heterocycles. The first kappa shape index (κ1) is 24.0. The molecule has 0 saturated heterocycles. The highest BCUT2D eigenvalue weighted by molar-refractivity contribution is 7.99. The second-order valence-corrected chi connectivity index (χ2v) is 8.83. The summed E-state index contributed by atoms with van der Waals surface area (Å²) in [5.74, 6) is 0.481. The number of hydrogen-bond acceptors (Lipinski definition) is 7. The number of amides is 1. The summed E-state index contributed by atoms with van der Waals surface area (Å²) >= 11 is 1.25. The number of aromatic nitrogens is 3. The highest BCUT2D eigenvalue weighted by atomic mass is 32.2. The van der Waals surface area contributed by atoms with Gasteiger partial charge in [0, 0.05) is 23.5 Å². The Morgan fingerprint density at radius 2 is 1.83 bits per heavy atom. The van der Waals surface area contributed by atoms with Gasteiger partial charge in [0.1, 0.15) is 0 Å². The van der Waals surface area contributed by atoms with Crippen LogP contribution in [0, 0.1) is 24.0 Å². The Balaban J connectivity index is 1.50. The summed E-state index contributed by atoms with van der Waals surface area (Å²) in [7, 11) is 0. The van der Waals surface area contributed by atoms with E-state index >= 15 is 0 Å². The van der Waals surface area contributed by atoms with E-state index in [0.29, 0.717) is 23.2 Å². The predicted molar refractivity (Wildman–Crippen MR) is 137 cm³/mol. The van der Waals surface area contributed by atoms with Crippen molar-refractivity contribution in [2.24, 2.45) is 0 Å². The van der Waals surface area contributed by atoms with Crippen molar-refractivity contribution in [3.05, 3.63) is 99.9 Å². The van der Waals surface area contributed by atoms with Gasteiger partial charge in [-0.2, -0.15) is 0 Å². The molecule has 0 fully saturated rings. The summed E-state index contributed by atoms with van der Waals surface area (Å²) < 4.78 is 1.92. The molecule has 2 N–H and O–H groups in total. The molecular weight excluding hydrogens is 464 g/mol. The topological polar surface area (TPSA) is 115 Å². The quantitative estimate of drug-likeness (QED) is 0.190. The summed E-state index contributed by atoms with van der Waals surface area (Å²) in [4.78, 5) is 23.2. The largest absolute Gasteiger partial charge is 0.378 e. The Kier molecular flexibility index (Phi) is 7.41. The lowest BCUT2D eigenvalue weighted by atomic mass is 10.2. The van der Waals surface area contributed by atoms with Crippen molar-refractivity contribution in [1.82, 2.24) is 14.8 Å². The van der Waals surface area contributed by atoms with Crippen molar-refractivity contribution in [2.75, 3.05) is 16.4 Å². The molecule has 1 heterocycles. The smallest absolute Gasteiger partial charge is 0.271 e. The Bertz CT molecular complexity index is 1360. The monoisotopic (exact) mass is 488 g/mol. The van der Waals surface area contributed by atoms with E-state index in [4.69, 9.17) is 0 Å². The van der Waals surface area contributed by atoms with E-state index in [0.717, 1.165) is 22.5 Å². The molecule has 10 heteroatoms. The molecule has 0 bridgehead atoms. The molecule has 35 heavy (non-hydrogen) atoms. The van der Waals surface area contributed by atoms with Crippen LogP contribution >= 0.6 is 11.8 Å². The van der Waals surface area contributed by atoms with E-state index in [1.165, 1.54) is 23.9 Å². The second kappa shape index (κ2) is 10.8. The number of non-ortho nitro benzene ring substituents is 1. The molecule has 3 aromatic carbocycles. The normalized spacial score (nSPS) is 10.7. The molecule has 0 aliphatic carbocycles. The van der Waals surface area contributed by atoms with Crippen LogP contribution in [0.3, 0.4) is 0 Å². The zero-order chi connectivity index (χ0) is 24.8. The summed E-state index contributed by atoms with van der Waals surface area (Å²) in [6.45, 7) is 4.27. The molecule has 0 radical (unpaired) electrons. The van der Waals surface area contributed by atoms with Gasteiger partial charge < -0.3 is 10.6 Å². The summed E-state index contributed by atoms with van der Waals surface area (Å²) in [6.07, 6.45) is 0. The van der Waals surface area contributed by atoms with Crippen LogP contribution in [0.4, 0.5) is 17.1 Å². The number of carbonyl (C=O) groups is 1. The van der Waals surface area contributed by atoms with Crippen LogP contribution in [-0.2, 0) is 11.3 Å².